The number of hydrogen-bond donors (Lipinski definition) is 3. The van der Waals surface area contributed by atoms with Gasteiger partial charge in [0.15, 0.2) is 0 Å². The van der Waals surface area contributed by atoms with E-state index in [1.54, 1.807) is 18.2 Å². The van der Waals surface area contributed by atoms with Crippen LogP contribution in [0.25, 0.3) is 0 Å². The maximum atomic E-state index is 10.9. The number of aromatic carboxylic acids is 1. The molecule has 0 unspecified atom stereocenters. The first kappa shape index (κ1) is 12.3. The summed E-state index contributed by atoms with van der Waals surface area (Å²) in [4.78, 5) is 10.9. The topological polar surface area (TPSA) is 69.6 Å². The van der Waals surface area contributed by atoms with Gasteiger partial charge in [-0.2, -0.15) is 0 Å². The van der Waals surface area contributed by atoms with E-state index in [1.165, 1.54) is 24.3 Å². The van der Waals surface area contributed by atoms with Gasteiger partial charge in [0.25, 0.3) is 0 Å². The van der Waals surface area contributed by atoms with Crippen LogP contribution in [0.5, 0.6) is 5.75 Å². The van der Waals surface area contributed by atoms with Crippen LogP contribution in [-0.4, -0.2) is 16.2 Å². The highest BCUT2D eigenvalue weighted by Gasteiger charge is 2.07. The second-order valence-electron chi connectivity index (χ2n) is 3.68. The Kier molecular flexibility index (Phi) is 3.39. The highest BCUT2D eigenvalue weighted by molar-refractivity contribution is 6.33. The van der Waals surface area contributed by atoms with Crippen molar-refractivity contribution in [1.29, 1.82) is 0 Å². The number of rotatable bonds is 3. The summed E-state index contributed by atoms with van der Waals surface area (Å²) in [5.74, 6) is -0.906. The molecule has 2 rings (SSSR count). The van der Waals surface area contributed by atoms with Crippen LogP contribution in [0.1, 0.15) is 10.4 Å². The molecule has 92 valence electrons. The van der Waals surface area contributed by atoms with Gasteiger partial charge in [0.05, 0.1) is 16.3 Å². The van der Waals surface area contributed by atoms with E-state index in [-0.39, 0.29) is 11.3 Å². The molecule has 0 atom stereocenters. The van der Waals surface area contributed by atoms with Crippen molar-refractivity contribution in [2.45, 2.75) is 0 Å². The number of carboxylic acid groups (broad SMARTS) is 1. The highest BCUT2D eigenvalue weighted by Crippen LogP contribution is 2.27. The second-order valence-corrected chi connectivity index (χ2v) is 4.08. The van der Waals surface area contributed by atoms with Crippen molar-refractivity contribution >= 4 is 28.9 Å². The van der Waals surface area contributed by atoms with E-state index < -0.39 is 5.97 Å². The molecule has 0 saturated heterocycles. The van der Waals surface area contributed by atoms with Gasteiger partial charge in [-0.1, -0.05) is 17.7 Å². The van der Waals surface area contributed by atoms with E-state index in [2.05, 4.69) is 5.32 Å². The van der Waals surface area contributed by atoms with Crippen LogP contribution in [0, 0.1) is 0 Å². The lowest BCUT2D eigenvalue weighted by Gasteiger charge is -2.09. The van der Waals surface area contributed by atoms with Gasteiger partial charge in [-0.05, 0) is 30.3 Å². The van der Waals surface area contributed by atoms with Crippen LogP contribution >= 0.6 is 11.6 Å². The average Bonchev–Trinajstić information content (AvgIpc) is 2.31. The quantitative estimate of drug-likeness (QED) is 0.793. The minimum absolute atomic E-state index is 0.116. The van der Waals surface area contributed by atoms with E-state index in [9.17, 15) is 9.90 Å². The van der Waals surface area contributed by atoms with Gasteiger partial charge in [-0.15, -0.1) is 0 Å². The predicted molar refractivity (Wildman–Crippen MR) is 69.8 cm³/mol. The molecule has 0 aliphatic carbocycles. The van der Waals surface area contributed by atoms with Crippen molar-refractivity contribution < 1.29 is 15.0 Å². The van der Waals surface area contributed by atoms with Crippen LogP contribution in [0.3, 0.4) is 0 Å². The first-order valence-electron chi connectivity index (χ1n) is 5.15. The molecule has 5 heteroatoms. The molecule has 2 aromatic carbocycles. The van der Waals surface area contributed by atoms with Gasteiger partial charge in [-0.3, -0.25) is 0 Å². The normalized spacial score (nSPS) is 10.1. The zero-order chi connectivity index (χ0) is 13.1. The monoisotopic (exact) mass is 263 g/mol. The molecule has 0 spiro atoms. The molecule has 0 amide bonds. The number of benzene rings is 2. The number of anilines is 2. The van der Waals surface area contributed by atoms with E-state index in [4.69, 9.17) is 16.7 Å². The van der Waals surface area contributed by atoms with Gasteiger partial charge in [0.2, 0.25) is 0 Å². The molecule has 0 aliphatic rings. The Morgan fingerprint density at radius 2 is 1.94 bits per heavy atom. The average molecular weight is 264 g/mol. The van der Waals surface area contributed by atoms with Crippen molar-refractivity contribution in [2.75, 3.05) is 5.32 Å². The van der Waals surface area contributed by atoms with Crippen molar-refractivity contribution in [2.24, 2.45) is 0 Å². The SMILES string of the molecule is O=C(O)c1ccc(Cl)c(Nc2cccc(O)c2)c1. The molecule has 3 N–H and O–H groups in total. The Bertz CT molecular complexity index is 599. The Balaban J connectivity index is 2.33. The number of nitrogens with one attached hydrogen (secondary N) is 1. The van der Waals surface area contributed by atoms with Crippen molar-refractivity contribution in [3.8, 4) is 5.75 Å². The smallest absolute Gasteiger partial charge is 0.335 e. The number of phenols is 1. The van der Waals surface area contributed by atoms with E-state index in [0.717, 1.165) is 0 Å². The molecular weight excluding hydrogens is 254 g/mol. The standard InChI is InChI=1S/C13H10ClNO3/c14-11-5-4-8(13(17)18)6-12(11)15-9-2-1-3-10(16)7-9/h1-7,15-16H,(H,17,18). The van der Waals surface area contributed by atoms with E-state index >= 15 is 0 Å². The largest absolute Gasteiger partial charge is 0.508 e. The molecule has 0 saturated carbocycles. The summed E-state index contributed by atoms with van der Waals surface area (Å²) >= 11 is 5.97. The Hall–Kier alpha value is -2.20. The molecule has 2 aromatic rings. The number of carbonyl (C=O) groups is 1. The summed E-state index contributed by atoms with van der Waals surface area (Å²) in [6.45, 7) is 0. The second kappa shape index (κ2) is 4.98. The zero-order valence-electron chi connectivity index (χ0n) is 9.22. The molecule has 0 fully saturated rings. The van der Waals surface area contributed by atoms with Gasteiger partial charge >= 0.3 is 5.97 Å². The summed E-state index contributed by atoms with van der Waals surface area (Å²) in [6, 6.07) is 10.9. The number of halogens is 1. The molecular formula is C13H10ClNO3. The van der Waals surface area contributed by atoms with Gasteiger partial charge < -0.3 is 15.5 Å². The minimum Gasteiger partial charge on any atom is -0.508 e. The maximum absolute atomic E-state index is 10.9. The van der Waals surface area contributed by atoms with E-state index in [0.29, 0.717) is 16.4 Å². The first-order valence-corrected chi connectivity index (χ1v) is 5.53. The third-order valence-corrected chi connectivity index (χ3v) is 2.67. The first-order chi connectivity index (χ1) is 8.56. The van der Waals surface area contributed by atoms with Gasteiger partial charge in [-0.25, -0.2) is 4.79 Å². The highest BCUT2D eigenvalue weighted by atomic mass is 35.5. The molecule has 0 heterocycles. The van der Waals surface area contributed by atoms with Gasteiger partial charge in [0, 0.05) is 11.8 Å². The summed E-state index contributed by atoms with van der Waals surface area (Å²) in [5.41, 5.74) is 1.24. The van der Waals surface area contributed by atoms with Gasteiger partial charge in [0.1, 0.15) is 5.75 Å². The summed E-state index contributed by atoms with van der Waals surface area (Å²) in [5, 5.41) is 21.6. The molecule has 0 radical (unpaired) electrons. The van der Waals surface area contributed by atoms with Crippen LogP contribution in [0.4, 0.5) is 11.4 Å². The minimum atomic E-state index is -1.02. The number of aromatic hydroxyl groups is 1. The fourth-order valence-corrected chi connectivity index (χ4v) is 1.66. The summed E-state index contributed by atoms with van der Waals surface area (Å²) in [7, 11) is 0. The third kappa shape index (κ3) is 2.73. The fourth-order valence-electron chi connectivity index (χ4n) is 1.49. The van der Waals surface area contributed by atoms with Crippen LogP contribution in [0.2, 0.25) is 5.02 Å². The molecule has 0 aromatic heterocycles. The molecule has 4 nitrogen and oxygen atoms in total. The van der Waals surface area contributed by atoms with Crippen LogP contribution in [0.15, 0.2) is 42.5 Å². The summed E-state index contributed by atoms with van der Waals surface area (Å²) in [6.07, 6.45) is 0. The Morgan fingerprint density at radius 3 is 2.61 bits per heavy atom. The molecule has 18 heavy (non-hydrogen) atoms. The van der Waals surface area contributed by atoms with Crippen molar-refractivity contribution in [3.63, 3.8) is 0 Å². The Labute approximate surface area is 108 Å². The van der Waals surface area contributed by atoms with Crippen LogP contribution < -0.4 is 5.32 Å². The predicted octanol–water partition coefficient (Wildman–Crippen LogP) is 3.49. The lowest BCUT2D eigenvalue weighted by Crippen LogP contribution is -1.98. The van der Waals surface area contributed by atoms with Crippen LogP contribution in [-0.2, 0) is 0 Å². The molecule has 0 aliphatic heterocycles. The number of phenolic OH excluding ortho intramolecular Hbond substituents is 1. The lowest BCUT2D eigenvalue weighted by atomic mass is 10.2. The Morgan fingerprint density at radius 1 is 1.17 bits per heavy atom. The van der Waals surface area contributed by atoms with Crippen molar-refractivity contribution in [3.05, 3.63) is 53.1 Å². The zero-order valence-corrected chi connectivity index (χ0v) is 9.98. The maximum Gasteiger partial charge on any atom is 0.335 e. The summed E-state index contributed by atoms with van der Waals surface area (Å²) < 4.78 is 0. The number of hydrogen-bond acceptors (Lipinski definition) is 3. The van der Waals surface area contributed by atoms with Crippen molar-refractivity contribution in [1.82, 2.24) is 0 Å². The number of carboxylic acids is 1. The van der Waals surface area contributed by atoms with E-state index in [1.807, 2.05) is 0 Å². The molecule has 0 bridgehead atoms. The third-order valence-electron chi connectivity index (χ3n) is 2.34. The fraction of sp³-hybridized carbons (Fsp3) is 0. The lowest BCUT2D eigenvalue weighted by molar-refractivity contribution is 0.0697.